The minimum atomic E-state index is 0.298. The average molecular weight is 443 g/mol. The van der Waals surface area contributed by atoms with Crippen molar-refractivity contribution in [2.24, 2.45) is 0 Å². The second-order valence-corrected chi connectivity index (χ2v) is 8.47. The first-order chi connectivity index (χ1) is 13.0. The predicted octanol–water partition coefficient (Wildman–Crippen LogP) is 6.40. The van der Waals surface area contributed by atoms with Crippen molar-refractivity contribution in [2.45, 2.75) is 37.5 Å². The normalized spacial score (nSPS) is 10.9. The molecule has 140 valence electrons. The fraction of sp³-hybridized carbons (Fsp3) is 0.238. The van der Waals surface area contributed by atoms with Crippen LogP contribution in [-0.2, 0) is 5.75 Å². The summed E-state index contributed by atoms with van der Waals surface area (Å²) in [5.41, 5.74) is 3.51. The van der Waals surface area contributed by atoms with Crippen molar-refractivity contribution in [1.29, 1.82) is 0 Å². The summed E-state index contributed by atoms with van der Waals surface area (Å²) >= 11 is 5.33. The Bertz CT molecular complexity index is 900. The fourth-order valence-electron chi connectivity index (χ4n) is 2.53. The topological polar surface area (TPSA) is 49.8 Å². The second kappa shape index (κ2) is 9.24. The summed E-state index contributed by atoms with van der Waals surface area (Å²) in [5, 5.41) is 6.64. The first-order valence-electron chi connectivity index (χ1n) is 8.85. The van der Waals surface area contributed by atoms with Crippen LogP contribution in [0.4, 0.5) is 17.5 Å². The molecular weight excluding hydrogens is 420 g/mol. The molecule has 0 saturated carbocycles. The van der Waals surface area contributed by atoms with Gasteiger partial charge >= 0.3 is 0 Å². The Labute approximate surface area is 173 Å². The molecule has 0 radical (unpaired) electrons. The van der Waals surface area contributed by atoms with Gasteiger partial charge < -0.3 is 10.6 Å². The maximum absolute atomic E-state index is 4.56. The molecule has 0 bridgehead atoms. The van der Waals surface area contributed by atoms with Crippen LogP contribution >= 0.6 is 27.7 Å². The zero-order valence-electron chi connectivity index (χ0n) is 15.7. The Morgan fingerprint density at radius 1 is 1.11 bits per heavy atom. The standard InChI is InChI=1S/C21H23BrN4S/c1-14(2)24-20-18(22)12-23-21(26-20)25-19-10-9-17(11-15(19)3)27-13-16-7-5-4-6-8-16/h4-12,14H,13H2,1-3H3,(H2,23,24,25,26). The van der Waals surface area contributed by atoms with E-state index in [1.807, 2.05) is 17.8 Å². The molecule has 1 aromatic heterocycles. The van der Waals surface area contributed by atoms with Crippen LogP contribution in [-0.4, -0.2) is 16.0 Å². The van der Waals surface area contributed by atoms with Crippen LogP contribution in [0.3, 0.4) is 0 Å². The van der Waals surface area contributed by atoms with Crippen molar-refractivity contribution in [3.8, 4) is 0 Å². The molecule has 6 heteroatoms. The van der Waals surface area contributed by atoms with Gasteiger partial charge in [-0.15, -0.1) is 11.8 Å². The molecule has 0 amide bonds. The molecule has 0 spiro atoms. The van der Waals surface area contributed by atoms with Gasteiger partial charge in [-0.3, -0.25) is 0 Å². The number of thioether (sulfide) groups is 1. The minimum Gasteiger partial charge on any atom is -0.367 e. The highest BCUT2D eigenvalue weighted by atomic mass is 79.9. The van der Waals surface area contributed by atoms with E-state index < -0.39 is 0 Å². The lowest BCUT2D eigenvalue weighted by atomic mass is 10.2. The van der Waals surface area contributed by atoms with Gasteiger partial charge in [0.1, 0.15) is 5.82 Å². The van der Waals surface area contributed by atoms with E-state index in [-0.39, 0.29) is 0 Å². The number of rotatable bonds is 7. The van der Waals surface area contributed by atoms with Gasteiger partial charge in [-0.1, -0.05) is 30.3 Å². The van der Waals surface area contributed by atoms with Gasteiger partial charge in [-0.25, -0.2) is 4.98 Å². The molecule has 0 saturated heterocycles. The van der Waals surface area contributed by atoms with Crippen LogP contribution in [0.5, 0.6) is 0 Å². The van der Waals surface area contributed by atoms with E-state index in [2.05, 4.69) is 99.8 Å². The van der Waals surface area contributed by atoms with Gasteiger partial charge in [0.2, 0.25) is 5.95 Å². The van der Waals surface area contributed by atoms with Crippen LogP contribution in [0.15, 0.2) is 64.1 Å². The smallest absolute Gasteiger partial charge is 0.229 e. The average Bonchev–Trinajstić information content (AvgIpc) is 2.65. The number of hydrogen-bond acceptors (Lipinski definition) is 5. The summed E-state index contributed by atoms with van der Waals surface area (Å²) in [6.45, 7) is 6.26. The Balaban J connectivity index is 1.69. The third-order valence-corrected chi connectivity index (χ3v) is 5.51. The zero-order chi connectivity index (χ0) is 19.2. The molecule has 4 nitrogen and oxygen atoms in total. The summed E-state index contributed by atoms with van der Waals surface area (Å²) in [6.07, 6.45) is 1.76. The SMILES string of the molecule is Cc1cc(SCc2ccccc2)ccc1Nc1ncc(Br)c(NC(C)C)n1. The molecule has 2 aromatic carbocycles. The molecule has 3 aromatic rings. The van der Waals surface area contributed by atoms with Crippen LogP contribution in [0.25, 0.3) is 0 Å². The highest BCUT2D eigenvalue weighted by Crippen LogP contribution is 2.28. The summed E-state index contributed by atoms with van der Waals surface area (Å²) in [6, 6.07) is 17.2. The molecule has 0 fully saturated rings. The van der Waals surface area contributed by atoms with Gasteiger partial charge in [-0.05, 0) is 66.0 Å². The van der Waals surface area contributed by atoms with E-state index in [1.165, 1.54) is 10.5 Å². The monoisotopic (exact) mass is 442 g/mol. The van der Waals surface area contributed by atoms with Crippen LogP contribution in [0.1, 0.15) is 25.0 Å². The number of benzene rings is 2. The van der Waals surface area contributed by atoms with Gasteiger partial charge in [0.05, 0.1) is 4.47 Å². The van der Waals surface area contributed by atoms with Crippen molar-refractivity contribution < 1.29 is 0 Å². The number of aryl methyl sites for hydroxylation is 1. The van der Waals surface area contributed by atoms with Crippen LogP contribution in [0.2, 0.25) is 0 Å². The lowest BCUT2D eigenvalue weighted by molar-refractivity contribution is 0.885. The first kappa shape index (κ1) is 19.7. The summed E-state index contributed by atoms with van der Waals surface area (Å²) in [7, 11) is 0. The van der Waals surface area contributed by atoms with Crippen molar-refractivity contribution in [3.05, 3.63) is 70.3 Å². The predicted molar refractivity (Wildman–Crippen MR) is 119 cm³/mol. The fourth-order valence-corrected chi connectivity index (χ4v) is 3.79. The summed E-state index contributed by atoms with van der Waals surface area (Å²) in [4.78, 5) is 10.2. The van der Waals surface area contributed by atoms with Gasteiger partial charge in [-0.2, -0.15) is 4.98 Å². The summed E-state index contributed by atoms with van der Waals surface area (Å²) < 4.78 is 0.853. The van der Waals surface area contributed by atoms with E-state index in [1.54, 1.807) is 6.20 Å². The quantitative estimate of drug-likeness (QED) is 0.414. The van der Waals surface area contributed by atoms with E-state index in [9.17, 15) is 0 Å². The molecule has 0 aliphatic heterocycles. The maximum atomic E-state index is 4.56. The molecule has 1 heterocycles. The lowest BCUT2D eigenvalue weighted by Crippen LogP contribution is -2.12. The number of anilines is 3. The van der Waals surface area contributed by atoms with Gasteiger partial charge in [0.15, 0.2) is 0 Å². The highest BCUT2D eigenvalue weighted by Gasteiger charge is 2.08. The van der Waals surface area contributed by atoms with E-state index in [0.717, 1.165) is 27.3 Å². The van der Waals surface area contributed by atoms with E-state index in [4.69, 9.17) is 0 Å². The largest absolute Gasteiger partial charge is 0.367 e. The Kier molecular flexibility index (Phi) is 6.74. The zero-order valence-corrected chi connectivity index (χ0v) is 18.1. The molecule has 0 aliphatic carbocycles. The van der Waals surface area contributed by atoms with Crippen LogP contribution < -0.4 is 10.6 Å². The second-order valence-electron chi connectivity index (χ2n) is 6.57. The number of aromatic nitrogens is 2. The van der Waals surface area contributed by atoms with E-state index >= 15 is 0 Å². The minimum absolute atomic E-state index is 0.298. The Morgan fingerprint density at radius 3 is 2.59 bits per heavy atom. The third-order valence-electron chi connectivity index (χ3n) is 3.86. The number of nitrogens with one attached hydrogen (secondary N) is 2. The first-order valence-corrected chi connectivity index (χ1v) is 10.6. The van der Waals surface area contributed by atoms with Crippen LogP contribution in [0, 0.1) is 6.92 Å². The summed E-state index contributed by atoms with van der Waals surface area (Å²) in [5.74, 6) is 2.33. The Morgan fingerprint density at radius 2 is 1.89 bits per heavy atom. The number of nitrogens with zero attached hydrogens (tertiary/aromatic N) is 2. The Hall–Kier alpha value is -2.05. The van der Waals surface area contributed by atoms with Crippen molar-refractivity contribution in [3.63, 3.8) is 0 Å². The van der Waals surface area contributed by atoms with Crippen molar-refractivity contribution in [1.82, 2.24) is 9.97 Å². The molecule has 27 heavy (non-hydrogen) atoms. The third kappa shape index (κ3) is 5.71. The van der Waals surface area contributed by atoms with Gasteiger partial charge in [0.25, 0.3) is 0 Å². The molecular formula is C21H23BrN4S. The number of hydrogen-bond donors (Lipinski definition) is 2. The lowest BCUT2D eigenvalue weighted by Gasteiger charge is -2.14. The molecule has 0 atom stereocenters. The van der Waals surface area contributed by atoms with Gasteiger partial charge in [0, 0.05) is 28.6 Å². The van der Waals surface area contributed by atoms with Crippen molar-refractivity contribution >= 4 is 45.1 Å². The molecule has 0 unspecified atom stereocenters. The molecule has 3 rings (SSSR count). The highest BCUT2D eigenvalue weighted by molar-refractivity contribution is 9.10. The molecule has 0 aliphatic rings. The number of halogens is 1. The maximum Gasteiger partial charge on any atom is 0.229 e. The van der Waals surface area contributed by atoms with Crippen molar-refractivity contribution in [2.75, 3.05) is 10.6 Å². The van der Waals surface area contributed by atoms with E-state index in [0.29, 0.717) is 12.0 Å². The molecule has 2 N–H and O–H groups in total.